The summed E-state index contributed by atoms with van der Waals surface area (Å²) in [6, 6.07) is 7.78. The molecule has 1 aliphatic heterocycles. The lowest BCUT2D eigenvalue weighted by molar-refractivity contribution is -0.385. The SMILES string of the molecule is Cc1cc(C(=O)NCCN2C(=O)S/C(=C\c3cccs3)C2=O)ccc1[N+](=O)[O-]. The van der Waals surface area contributed by atoms with Gasteiger partial charge in [0.05, 0.1) is 9.83 Å². The van der Waals surface area contributed by atoms with E-state index in [0.29, 0.717) is 10.5 Å². The van der Waals surface area contributed by atoms with Crippen molar-refractivity contribution in [1.29, 1.82) is 0 Å². The minimum Gasteiger partial charge on any atom is -0.350 e. The van der Waals surface area contributed by atoms with Gasteiger partial charge < -0.3 is 5.32 Å². The Hall–Kier alpha value is -2.98. The van der Waals surface area contributed by atoms with Crippen LogP contribution >= 0.6 is 23.1 Å². The Balaban J connectivity index is 1.58. The first-order valence-corrected chi connectivity index (χ1v) is 9.88. The number of carbonyl (C=O) groups excluding carboxylic acids is 3. The molecule has 1 saturated heterocycles. The van der Waals surface area contributed by atoms with Gasteiger partial charge in [-0.15, -0.1) is 11.3 Å². The second-order valence-electron chi connectivity index (χ2n) is 5.86. The van der Waals surface area contributed by atoms with Crippen LogP contribution in [0.15, 0.2) is 40.6 Å². The van der Waals surface area contributed by atoms with E-state index >= 15 is 0 Å². The quantitative estimate of drug-likeness (QED) is 0.438. The summed E-state index contributed by atoms with van der Waals surface area (Å²) in [5.41, 5.74) is 0.587. The number of nitro benzene ring substituents is 1. The van der Waals surface area contributed by atoms with Crippen LogP contribution < -0.4 is 5.32 Å². The van der Waals surface area contributed by atoms with Crippen LogP contribution in [0, 0.1) is 17.0 Å². The van der Waals surface area contributed by atoms with Crippen molar-refractivity contribution < 1.29 is 19.3 Å². The van der Waals surface area contributed by atoms with E-state index in [9.17, 15) is 24.5 Å². The van der Waals surface area contributed by atoms with Gasteiger partial charge in [0.15, 0.2) is 0 Å². The monoisotopic (exact) mass is 417 g/mol. The fraction of sp³-hybridized carbons (Fsp3) is 0.167. The van der Waals surface area contributed by atoms with Crippen molar-refractivity contribution in [2.45, 2.75) is 6.92 Å². The average Bonchev–Trinajstić information content (AvgIpc) is 3.25. The third kappa shape index (κ3) is 4.29. The Kier molecular flexibility index (Phi) is 5.90. The first-order valence-electron chi connectivity index (χ1n) is 8.19. The number of nitro groups is 1. The van der Waals surface area contributed by atoms with Crippen LogP contribution in [0.3, 0.4) is 0 Å². The number of amides is 3. The van der Waals surface area contributed by atoms with E-state index in [2.05, 4.69) is 5.32 Å². The summed E-state index contributed by atoms with van der Waals surface area (Å²) in [5.74, 6) is -0.817. The Morgan fingerprint density at radius 3 is 2.75 bits per heavy atom. The molecule has 0 unspecified atom stereocenters. The van der Waals surface area contributed by atoms with E-state index in [1.165, 1.54) is 29.5 Å². The van der Waals surface area contributed by atoms with Crippen molar-refractivity contribution in [2.24, 2.45) is 0 Å². The van der Waals surface area contributed by atoms with Crippen LogP contribution in [-0.4, -0.2) is 40.0 Å². The molecule has 1 aromatic heterocycles. The highest BCUT2D eigenvalue weighted by Crippen LogP contribution is 2.32. The number of thioether (sulfide) groups is 1. The maximum absolute atomic E-state index is 12.4. The van der Waals surface area contributed by atoms with Crippen molar-refractivity contribution in [1.82, 2.24) is 10.2 Å². The zero-order valence-electron chi connectivity index (χ0n) is 14.7. The lowest BCUT2D eigenvalue weighted by Crippen LogP contribution is -2.37. The lowest BCUT2D eigenvalue weighted by atomic mass is 10.1. The van der Waals surface area contributed by atoms with Crippen LogP contribution in [0.25, 0.3) is 6.08 Å². The summed E-state index contributed by atoms with van der Waals surface area (Å²) in [6.45, 7) is 1.68. The van der Waals surface area contributed by atoms with Crippen molar-refractivity contribution in [3.63, 3.8) is 0 Å². The average molecular weight is 417 g/mol. The Bertz CT molecular complexity index is 985. The van der Waals surface area contributed by atoms with Crippen molar-refractivity contribution in [3.05, 3.63) is 66.7 Å². The van der Waals surface area contributed by atoms with Gasteiger partial charge in [-0.3, -0.25) is 29.4 Å². The number of benzene rings is 1. The second kappa shape index (κ2) is 8.36. The molecule has 10 heteroatoms. The van der Waals surface area contributed by atoms with E-state index in [0.717, 1.165) is 21.5 Å². The molecule has 2 aromatic rings. The molecule has 1 aliphatic rings. The summed E-state index contributed by atoms with van der Waals surface area (Å²) in [4.78, 5) is 49.3. The van der Waals surface area contributed by atoms with E-state index in [1.54, 1.807) is 13.0 Å². The Morgan fingerprint density at radius 2 is 2.11 bits per heavy atom. The van der Waals surface area contributed by atoms with Gasteiger partial charge in [-0.2, -0.15) is 0 Å². The van der Waals surface area contributed by atoms with Crippen LogP contribution in [-0.2, 0) is 4.79 Å². The molecule has 3 rings (SSSR count). The summed E-state index contributed by atoms with van der Waals surface area (Å²) in [6.07, 6.45) is 1.67. The predicted octanol–water partition coefficient (Wildman–Crippen LogP) is 3.43. The van der Waals surface area contributed by atoms with Gasteiger partial charge >= 0.3 is 0 Å². The van der Waals surface area contributed by atoms with Crippen LogP contribution in [0.1, 0.15) is 20.8 Å². The van der Waals surface area contributed by atoms with Crippen molar-refractivity contribution in [3.8, 4) is 0 Å². The molecular weight excluding hydrogens is 402 g/mol. The number of carbonyl (C=O) groups is 3. The third-order valence-corrected chi connectivity index (χ3v) is 5.69. The highest BCUT2D eigenvalue weighted by Gasteiger charge is 2.34. The zero-order valence-corrected chi connectivity index (χ0v) is 16.3. The topological polar surface area (TPSA) is 110 Å². The molecule has 0 saturated carbocycles. The molecule has 0 bridgehead atoms. The Labute approximate surface area is 168 Å². The first-order chi connectivity index (χ1) is 13.4. The number of aryl methyl sites for hydroxylation is 1. The van der Waals surface area contributed by atoms with Gasteiger partial charge in [0.2, 0.25) is 0 Å². The molecule has 3 amide bonds. The largest absolute Gasteiger partial charge is 0.350 e. The molecule has 0 atom stereocenters. The number of nitrogens with one attached hydrogen (secondary N) is 1. The molecule has 28 heavy (non-hydrogen) atoms. The smallest absolute Gasteiger partial charge is 0.293 e. The van der Waals surface area contributed by atoms with Crippen LogP contribution in [0.4, 0.5) is 10.5 Å². The van der Waals surface area contributed by atoms with E-state index < -0.39 is 10.8 Å². The van der Waals surface area contributed by atoms with Crippen LogP contribution in [0.2, 0.25) is 0 Å². The molecule has 144 valence electrons. The summed E-state index contributed by atoms with van der Waals surface area (Å²) in [5, 5.41) is 15.0. The molecule has 1 aromatic carbocycles. The molecule has 1 N–H and O–H groups in total. The third-order valence-electron chi connectivity index (χ3n) is 3.97. The molecule has 8 nitrogen and oxygen atoms in total. The van der Waals surface area contributed by atoms with E-state index in [4.69, 9.17) is 0 Å². The summed E-state index contributed by atoms with van der Waals surface area (Å²) >= 11 is 2.34. The number of rotatable bonds is 6. The number of hydrogen-bond acceptors (Lipinski definition) is 7. The van der Waals surface area contributed by atoms with Gasteiger partial charge in [-0.1, -0.05) is 6.07 Å². The number of hydrogen-bond donors (Lipinski definition) is 1. The number of imide groups is 1. The summed E-state index contributed by atoms with van der Waals surface area (Å²) < 4.78 is 0. The maximum Gasteiger partial charge on any atom is 0.293 e. The molecule has 0 spiro atoms. The fourth-order valence-electron chi connectivity index (χ4n) is 2.58. The predicted molar refractivity (Wildman–Crippen MR) is 107 cm³/mol. The number of thiophene rings is 1. The van der Waals surface area contributed by atoms with Gasteiger partial charge in [0, 0.05) is 35.2 Å². The summed E-state index contributed by atoms with van der Waals surface area (Å²) in [7, 11) is 0. The van der Waals surface area contributed by atoms with Crippen molar-refractivity contribution >= 4 is 51.9 Å². The van der Waals surface area contributed by atoms with E-state index in [-0.39, 0.29) is 35.5 Å². The first kappa shape index (κ1) is 19.8. The highest BCUT2D eigenvalue weighted by molar-refractivity contribution is 8.18. The van der Waals surface area contributed by atoms with E-state index in [1.807, 2.05) is 17.5 Å². The molecule has 2 heterocycles. The highest BCUT2D eigenvalue weighted by atomic mass is 32.2. The van der Waals surface area contributed by atoms with Crippen molar-refractivity contribution in [2.75, 3.05) is 13.1 Å². The lowest BCUT2D eigenvalue weighted by Gasteiger charge is -2.13. The second-order valence-corrected chi connectivity index (χ2v) is 7.84. The van der Waals surface area contributed by atoms with Gasteiger partial charge in [-0.05, 0) is 48.3 Å². The molecule has 0 aliphatic carbocycles. The van der Waals surface area contributed by atoms with Gasteiger partial charge in [0.1, 0.15) is 0 Å². The van der Waals surface area contributed by atoms with Gasteiger partial charge in [-0.25, -0.2) is 0 Å². The molecular formula is C18H15N3O5S2. The maximum atomic E-state index is 12.4. The Morgan fingerprint density at radius 1 is 1.32 bits per heavy atom. The standard InChI is InChI=1S/C18H15N3O5S2/c1-11-9-12(4-5-14(11)21(25)26)16(22)19-6-7-20-17(23)15(28-18(20)24)10-13-3-2-8-27-13/h2-5,8-10H,6-7H2,1H3,(H,19,22)/b15-10-. The minimum atomic E-state index is -0.513. The normalized spacial score (nSPS) is 15.3. The minimum absolute atomic E-state index is 0.0458. The molecule has 0 radical (unpaired) electrons. The van der Waals surface area contributed by atoms with Gasteiger partial charge in [0.25, 0.3) is 22.7 Å². The number of nitrogens with zero attached hydrogens (tertiary/aromatic N) is 2. The fourth-order valence-corrected chi connectivity index (χ4v) is 4.17. The van der Waals surface area contributed by atoms with Crippen LogP contribution in [0.5, 0.6) is 0 Å². The molecule has 1 fully saturated rings. The zero-order chi connectivity index (χ0) is 20.3.